The average molecular weight is 452 g/mol. The van der Waals surface area contributed by atoms with Crippen LogP contribution in [0.3, 0.4) is 0 Å². The Morgan fingerprint density at radius 2 is 1.45 bits per heavy atom. The number of fused-ring (bicyclic) bond motifs is 2. The van der Waals surface area contributed by atoms with Gasteiger partial charge in [-0.15, -0.1) is 0 Å². The highest BCUT2D eigenvalue weighted by Crippen LogP contribution is 2.32. The van der Waals surface area contributed by atoms with Crippen LogP contribution in [0, 0.1) is 0 Å². The first kappa shape index (κ1) is 22.3. The van der Waals surface area contributed by atoms with Crippen LogP contribution in [0.4, 0.5) is 13.2 Å². The standard InChI is InChI=1S/C25H19F3N2O3/c1-33-24(32)21(14-15-8-2-5-11-18(15)25(26,27)28)30-23(31)22-16-9-3-6-12-19(16)29-20-13-7-4-10-17(20)22/h2-13,21H,14H2,1H3,(H,30,31)/t21-/m0/s1. The van der Waals surface area contributed by atoms with E-state index in [0.717, 1.165) is 13.2 Å². The Hall–Kier alpha value is -3.94. The number of aromatic nitrogens is 1. The predicted molar refractivity (Wildman–Crippen MR) is 118 cm³/mol. The SMILES string of the molecule is COC(=O)[C@H](Cc1ccccc1C(F)(F)F)NC(=O)c1c2ccccc2nc2ccccc12. The summed E-state index contributed by atoms with van der Waals surface area (Å²) in [5.41, 5.74) is 0.462. The van der Waals surface area contributed by atoms with E-state index in [1.807, 2.05) is 0 Å². The summed E-state index contributed by atoms with van der Waals surface area (Å²) in [4.78, 5) is 30.4. The van der Waals surface area contributed by atoms with E-state index in [1.165, 1.54) is 18.2 Å². The molecule has 3 aromatic carbocycles. The van der Waals surface area contributed by atoms with Gasteiger partial charge in [-0.25, -0.2) is 9.78 Å². The second-order valence-electron chi connectivity index (χ2n) is 7.43. The summed E-state index contributed by atoms with van der Waals surface area (Å²) in [7, 11) is 1.12. The molecule has 0 bridgehead atoms. The molecule has 0 saturated carbocycles. The van der Waals surface area contributed by atoms with E-state index in [2.05, 4.69) is 10.3 Å². The van der Waals surface area contributed by atoms with Gasteiger partial charge in [-0.1, -0.05) is 54.6 Å². The number of esters is 1. The number of para-hydroxylation sites is 2. The zero-order chi connectivity index (χ0) is 23.6. The van der Waals surface area contributed by atoms with Gasteiger partial charge in [-0.3, -0.25) is 4.79 Å². The Morgan fingerprint density at radius 1 is 0.909 bits per heavy atom. The molecule has 0 saturated heterocycles. The minimum atomic E-state index is -4.60. The molecule has 1 N–H and O–H groups in total. The first-order valence-corrected chi connectivity index (χ1v) is 10.1. The summed E-state index contributed by atoms with van der Waals surface area (Å²) in [5, 5.41) is 3.71. The van der Waals surface area contributed by atoms with Crippen molar-refractivity contribution in [3.8, 4) is 0 Å². The van der Waals surface area contributed by atoms with Gasteiger partial charge in [0.2, 0.25) is 0 Å². The number of rotatable bonds is 5. The maximum absolute atomic E-state index is 13.4. The van der Waals surface area contributed by atoms with Crippen LogP contribution in [0.25, 0.3) is 21.8 Å². The molecular formula is C25H19F3N2O3. The van der Waals surface area contributed by atoms with E-state index in [4.69, 9.17) is 4.74 Å². The highest BCUT2D eigenvalue weighted by molar-refractivity contribution is 6.16. The van der Waals surface area contributed by atoms with Gasteiger partial charge in [0.05, 0.1) is 29.3 Å². The highest BCUT2D eigenvalue weighted by atomic mass is 19.4. The lowest BCUT2D eigenvalue weighted by molar-refractivity contribution is -0.144. The van der Waals surface area contributed by atoms with Gasteiger partial charge in [0.15, 0.2) is 0 Å². The molecule has 0 fully saturated rings. The van der Waals surface area contributed by atoms with E-state index in [9.17, 15) is 22.8 Å². The van der Waals surface area contributed by atoms with Crippen molar-refractivity contribution in [3.05, 3.63) is 89.5 Å². The molecular weight excluding hydrogens is 433 g/mol. The summed E-state index contributed by atoms with van der Waals surface area (Å²) in [5.74, 6) is -1.45. The van der Waals surface area contributed by atoms with Crippen molar-refractivity contribution in [1.82, 2.24) is 10.3 Å². The molecule has 0 unspecified atom stereocenters. The van der Waals surface area contributed by atoms with Crippen LogP contribution >= 0.6 is 0 Å². The summed E-state index contributed by atoms with van der Waals surface area (Å²) in [6, 6.07) is 17.7. The Labute approximate surface area is 187 Å². The quantitative estimate of drug-likeness (QED) is 0.345. The van der Waals surface area contributed by atoms with Crippen molar-refractivity contribution in [2.75, 3.05) is 7.11 Å². The number of amides is 1. The van der Waals surface area contributed by atoms with Crippen molar-refractivity contribution < 1.29 is 27.5 Å². The summed E-state index contributed by atoms with van der Waals surface area (Å²) < 4.78 is 45.1. The number of hydrogen-bond donors (Lipinski definition) is 1. The maximum Gasteiger partial charge on any atom is 0.416 e. The van der Waals surface area contributed by atoms with Crippen LogP contribution in [-0.4, -0.2) is 30.0 Å². The molecule has 5 nitrogen and oxygen atoms in total. The number of carbonyl (C=O) groups is 2. The minimum absolute atomic E-state index is 0.120. The molecule has 0 aliphatic rings. The van der Waals surface area contributed by atoms with Gasteiger partial charge < -0.3 is 10.1 Å². The molecule has 0 aliphatic carbocycles. The van der Waals surface area contributed by atoms with E-state index < -0.39 is 29.7 Å². The van der Waals surface area contributed by atoms with Crippen molar-refractivity contribution in [3.63, 3.8) is 0 Å². The number of halogens is 3. The first-order valence-electron chi connectivity index (χ1n) is 10.1. The Morgan fingerprint density at radius 3 is 2.03 bits per heavy atom. The second kappa shape index (κ2) is 8.90. The predicted octanol–water partition coefficient (Wildman–Crippen LogP) is 4.92. The number of methoxy groups -OCH3 is 1. The van der Waals surface area contributed by atoms with Crippen LogP contribution in [0.1, 0.15) is 21.5 Å². The number of hydrogen-bond acceptors (Lipinski definition) is 4. The van der Waals surface area contributed by atoms with E-state index in [0.29, 0.717) is 21.8 Å². The largest absolute Gasteiger partial charge is 0.467 e. The molecule has 1 atom stereocenters. The molecule has 4 aromatic rings. The number of pyridine rings is 1. The fourth-order valence-corrected chi connectivity index (χ4v) is 3.85. The molecule has 0 spiro atoms. The Bertz CT molecular complexity index is 1300. The fourth-order valence-electron chi connectivity index (χ4n) is 3.85. The lowest BCUT2D eigenvalue weighted by Crippen LogP contribution is -2.43. The van der Waals surface area contributed by atoms with Crippen LogP contribution in [0.5, 0.6) is 0 Å². The zero-order valence-electron chi connectivity index (χ0n) is 17.5. The summed E-state index contributed by atoms with van der Waals surface area (Å²) in [6.45, 7) is 0. The van der Waals surface area contributed by atoms with Gasteiger partial charge in [0.1, 0.15) is 6.04 Å². The lowest BCUT2D eigenvalue weighted by atomic mass is 9.98. The third-order valence-electron chi connectivity index (χ3n) is 5.35. The van der Waals surface area contributed by atoms with Crippen LogP contribution in [0.2, 0.25) is 0 Å². The highest BCUT2D eigenvalue weighted by Gasteiger charge is 2.35. The molecule has 4 rings (SSSR count). The number of nitrogens with zero attached hydrogens (tertiary/aromatic N) is 1. The van der Waals surface area contributed by atoms with Crippen LogP contribution < -0.4 is 5.32 Å². The van der Waals surface area contributed by atoms with Gasteiger partial charge in [0, 0.05) is 17.2 Å². The van der Waals surface area contributed by atoms with Gasteiger partial charge in [-0.2, -0.15) is 13.2 Å². The number of carbonyl (C=O) groups excluding carboxylic acids is 2. The normalized spacial score (nSPS) is 12.5. The molecule has 0 aliphatic heterocycles. The zero-order valence-corrected chi connectivity index (χ0v) is 17.5. The van der Waals surface area contributed by atoms with Gasteiger partial charge in [0.25, 0.3) is 5.91 Å². The molecule has 33 heavy (non-hydrogen) atoms. The van der Waals surface area contributed by atoms with E-state index in [-0.39, 0.29) is 17.5 Å². The Balaban J connectivity index is 1.76. The third kappa shape index (κ3) is 4.50. The van der Waals surface area contributed by atoms with Crippen molar-refractivity contribution >= 4 is 33.7 Å². The van der Waals surface area contributed by atoms with Crippen molar-refractivity contribution in [2.45, 2.75) is 18.6 Å². The number of ether oxygens (including phenoxy) is 1. The smallest absolute Gasteiger partial charge is 0.416 e. The van der Waals surface area contributed by atoms with Crippen LogP contribution in [0.15, 0.2) is 72.8 Å². The maximum atomic E-state index is 13.4. The molecule has 1 heterocycles. The van der Waals surface area contributed by atoms with Crippen molar-refractivity contribution in [1.29, 1.82) is 0 Å². The van der Waals surface area contributed by atoms with E-state index >= 15 is 0 Å². The van der Waals surface area contributed by atoms with Gasteiger partial charge in [-0.05, 0) is 23.8 Å². The number of benzene rings is 3. The summed E-state index contributed by atoms with van der Waals surface area (Å²) >= 11 is 0. The monoisotopic (exact) mass is 452 g/mol. The molecule has 168 valence electrons. The number of alkyl halides is 3. The second-order valence-corrected chi connectivity index (χ2v) is 7.43. The molecule has 1 aromatic heterocycles. The van der Waals surface area contributed by atoms with Crippen LogP contribution in [-0.2, 0) is 22.1 Å². The Kier molecular flexibility index (Phi) is 6.00. The van der Waals surface area contributed by atoms with E-state index in [1.54, 1.807) is 48.5 Å². The van der Waals surface area contributed by atoms with Crippen molar-refractivity contribution in [2.24, 2.45) is 0 Å². The van der Waals surface area contributed by atoms with Gasteiger partial charge >= 0.3 is 12.1 Å². The fraction of sp³-hybridized carbons (Fsp3) is 0.160. The third-order valence-corrected chi connectivity index (χ3v) is 5.35. The molecule has 0 radical (unpaired) electrons. The topological polar surface area (TPSA) is 68.3 Å². The molecule has 1 amide bonds. The lowest BCUT2D eigenvalue weighted by Gasteiger charge is -2.20. The molecule has 8 heteroatoms. The average Bonchev–Trinajstić information content (AvgIpc) is 2.81. The number of nitrogens with one attached hydrogen (secondary N) is 1. The summed E-state index contributed by atoms with van der Waals surface area (Å²) in [6.07, 6.45) is -4.98. The first-order chi connectivity index (χ1) is 15.8. The minimum Gasteiger partial charge on any atom is -0.467 e.